The van der Waals surface area contributed by atoms with Crippen molar-refractivity contribution in [2.45, 2.75) is 12.8 Å². The van der Waals surface area contributed by atoms with Crippen molar-refractivity contribution in [2.75, 3.05) is 26.2 Å². The minimum absolute atomic E-state index is 0.346. The molecule has 1 aliphatic rings. The molecule has 92 valence electrons. The summed E-state index contributed by atoms with van der Waals surface area (Å²) in [6.07, 6.45) is 1.72. The number of Topliss-reactive ketones (excluding diaryl/α,β-unsaturated/α-hetero) is 1. The number of halogens is 1. The van der Waals surface area contributed by atoms with Gasteiger partial charge in [-0.05, 0) is 31.2 Å². The van der Waals surface area contributed by atoms with Crippen molar-refractivity contribution in [1.29, 1.82) is 0 Å². The molecule has 1 fully saturated rings. The number of carbonyl (C=O) groups is 1. The summed E-state index contributed by atoms with van der Waals surface area (Å²) in [4.78, 5) is 13.4. The Labute approximate surface area is 110 Å². The highest BCUT2D eigenvalue weighted by Gasteiger charge is 2.15. The molecule has 0 unspecified atom stereocenters. The van der Waals surface area contributed by atoms with Crippen molar-refractivity contribution >= 4 is 21.7 Å². The number of hydrogen-bond acceptors (Lipinski definition) is 3. The first kappa shape index (κ1) is 12.6. The second-order valence-corrected chi connectivity index (χ2v) is 5.14. The van der Waals surface area contributed by atoms with E-state index >= 15 is 0 Å². The molecule has 1 heterocycles. The van der Waals surface area contributed by atoms with E-state index in [1.807, 2.05) is 24.3 Å². The molecule has 0 bridgehead atoms. The molecule has 0 aliphatic carbocycles. The van der Waals surface area contributed by atoms with E-state index in [0.717, 1.165) is 36.2 Å². The van der Waals surface area contributed by atoms with Crippen LogP contribution in [0.4, 0.5) is 0 Å². The molecular weight excluding hydrogens is 282 g/mol. The van der Waals surface area contributed by atoms with Crippen molar-refractivity contribution in [2.24, 2.45) is 0 Å². The summed E-state index contributed by atoms with van der Waals surface area (Å²) in [7, 11) is 0. The smallest absolute Gasteiger partial charge is 0.146 e. The number of carbonyl (C=O) groups excluding carboxylic acids is 1. The minimum atomic E-state index is 0.346. The van der Waals surface area contributed by atoms with Crippen LogP contribution in [-0.2, 0) is 4.79 Å². The predicted molar refractivity (Wildman–Crippen MR) is 70.3 cm³/mol. The van der Waals surface area contributed by atoms with Gasteiger partial charge in [-0.15, -0.1) is 0 Å². The maximum Gasteiger partial charge on any atom is 0.146 e. The summed E-state index contributed by atoms with van der Waals surface area (Å²) in [5.74, 6) is 1.21. The molecule has 1 aromatic rings. The standard InChI is InChI=1S/C13H16BrNO2/c14-11-3-1-5-13(9-11)17-8-7-15-6-2-4-12(16)10-15/h1,3,5,9H,2,4,6-8,10H2. The van der Waals surface area contributed by atoms with Crippen molar-refractivity contribution in [1.82, 2.24) is 4.90 Å². The van der Waals surface area contributed by atoms with Crippen LogP contribution in [0.1, 0.15) is 12.8 Å². The molecule has 0 radical (unpaired) electrons. The normalized spacial score (nSPS) is 17.1. The van der Waals surface area contributed by atoms with Crippen LogP contribution in [0.3, 0.4) is 0 Å². The van der Waals surface area contributed by atoms with Crippen LogP contribution >= 0.6 is 15.9 Å². The first-order valence-electron chi connectivity index (χ1n) is 5.86. The lowest BCUT2D eigenvalue weighted by atomic mass is 10.1. The summed E-state index contributed by atoms with van der Waals surface area (Å²) in [6, 6.07) is 7.80. The van der Waals surface area contributed by atoms with E-state index in [4.69, 9.17) is 4.74 Å². The fraction of sp³-hybridized carbons (Fsp3) is 0.462. The van der Waals surface area contributed by atoms with Gasteiger partial charge in [0.15, 0.2) is 0 Å². The lowest BCUT2D eigenvalue weighted by molar-refractivity contribution is -0.122. The lowest BCUT2D eigenvalue weighted by Gasteiger charge is -2.25. The third kappa shape index (κ3) is 4.13. The van der Waals surface area contributed by atoms with Gasteiger partial charge < -0.3 is 4.74 Å². The average Bonchev–Trinajstić information content (AvgIpc) is 2.29. The number of benzene rings is 1. The fourth-order valence-electron chi connectivity index (χ4n) is 1.95. The van der Waals surface area contributed by atoms with Crippen molar-refractivity contribution in [3.05, 3.63) is 28.7 Å². The van der Waals surface area contributed by atoms with E-state index in [0.29, 0.717) is 18.9 Å². The summed E-state index contributed by atoms with van der Waals surface area (Å²) in [5, 5.41) is 0. The summed E-state index contributed by atoms with van der Waals surface area (Å²) in [6.45, 7) is 3.04. The van der Waals surface area contributed by atoms with Gasteiger partial charge in [-0.2, -0.15) is 0 Å². The van der Waals surface area contributed by atoms with Crippen LogP contribution in [-0.4, -0.2) is 36.9 Å². The van der Waals surface area contributed by atoms with E-state index < -0.39 is 0 Å². The molecule has 0 spiro atoms. The van der Waals surface area contributed by atoms with Crippen molar-refractivity contribution in [3.63, 3.8) is 0 Å². The van der Waals surface area contributed by atoms with E-state index in [-0.39, 0.29) is 0 Å². The van der Waals surface area contributed by atoms with Crippen LogP contribution in [0.25, 0.3) is 0 Å². The Bertz CT molecular complexity index is 395. The molecule has 1 aromatic carbocycles. The van der Waals surface area contributed by atoms with Crippen LogP contribution in [0.5, 0.6) is 5.75 Å². The zero-order chi connectivity index (χ0) is 12.1. The first-order chi connectivity index (χ1) is 8.24. The zero-order valence-corrected chi connectivity index (χ0v) is 11.3. The average molecular weight is 298 g/mol. The van der Waals surface area contributed by atoms with Gasteiger partial charge in [0.1, 0.15) is 18.1 Å². The summed E-state index contributed by atoms with van der Waals surface area (Å²) < 4.78 is 6.66. The maximum atomic E-state index is 11.3. The second-order valence-electron chi connectivity index (χ2n) is 4.22. The van der Waals surface area contributed by atoms with Gasteiger partial charge >= 0.3 is 0 Å². The molecule has 1 aliphatic heterocycles. The quantitative estimate of drug-likeness (QED) is 0.855. The predicted octanol–water partition coefficient (Wildman–Crippen LogP) is 2.49. The molecule has 2 rings (SSSR count). The van der Waals surface area contributed by atoms with Crippen LogP contribution in [0, 0.1) is 0 Å². The number of ether oxygens (including phenoxy) is 1. The number of piperidine rings is 1. The van der Waals surface area contributed by atoms with Crippen LogP contribution < -0.4 is 4.74 Å². The van der Waals surface area contributed by atoms with Gasteiger partial charge in [0.2, 0.25) is 0 Å². The van der Waals surface area contributed by atoms with Gasteiger partial charge in [0.05, 0.1) is 6.54 Å². The molecular formula is C13H16BrNO2. The van der Waals surface area contributed by atoms with Crippen molar-refractivity contribution in [3.8, 4) is 5.75 Å². The SMILES string of the molecule is O=C1CCCN(CCOc2cccc(Br)c2)C1. The molecule has 0 atom stereocenters. The molecule has 17 heavy (non-hydrogen) atoms. The van der Waals surface area contributed by atoms with E-state index in [1.54, 1.807) is 0 Å². The maximum absolute atomic E-state index is 11.3. The Hall–Kier alpha value is -0.870. The molecule has 1 saturated heterocycles. The van der Waals surface area contributed by atoms with Gasteiger partial charge in [0, 0.05) is 17.4 Å². The van der Waals surface area contributed by atoms with Gasteiger partial charge in [-0.1, -0.05) is 22.0 Å². The molecule has 0 N–H and O–H groups in total. The Balaban J connectivity index is 1.74. The second kappa shape index (κ2) is 6.17. The highest BCUT2D eigenvalue weighted by molar-refractivity contribution is 9.10. The number of nitrogens with zero attached hydrogens (tertiary/aromatic N) is 1. The summed E-state index contributed by atoms with van der Waals surface area (Å²) >= 11 is 3.40. The van der Waals surface area contributed by atoms with Gasteiger partial charge in [-0.3, -0.25) is 9.69 Å². The Kier molecular flexibility index (Phi) is 4.57. The van der Waals surface area contributed by atoms with Gasteiger partial charge in [0.25, 0.3) is 0 Å². The van der Waals surface area contributed by atoms with E-state index in [2.05, 4.69) is 20.8 Å². The van der Waals surface area contributed by atoms with Crippen molar-refractivity contribution < 1.29 is 9.53 Å². The van der Waals surface area contributed by atoms with E-state index in [9.17, 15) is 4.79 Å². The number of ketones is 1. The first-order valence-corrected chi connectivity index (χ1v) is 6.66. The fourth-order valence-corrected chi connectivity index (χ4v) is 2.33. The third-order valence-corrected chi connectivity index (χ3v) is 3.30. The van der Waals surface area contributed by atoms with Gasteiger partial charge in [-0.25, -0.2) is 0 Å². The highest BCUT2D eigenvalue weighted by Crippen LogP contribution is 2.17. The van der Waals surface area contributed by atoms with Crippen LogP contribution in [0.15, 0.2) is 28.7 Å². The Morgan fingerprint density at radius 3 is 3.06 bits per heavy atom. The molecule has 0 amide bonds. The summed E-state index contributed by atoms with van der Waals surface area (Å²) in [5.41, 5.74) is 0. The largest absolute Gasteiger partial charge is 0.492 e. The molecule has 0 aromatic heterocycles. The zero-order valence-electron chi connectivity index (χ0n) is 9.69. The lowest BCUT2D eigenvalue weighted by Crippen LogP contribution is -2.38. The highest BCUT2D eigenvalue weighted by atomic mass is 79.9. The number of hydrogen-bond donors (Lipinski definition) is 0. The third-order valence-electron chi connectivity index (χ3n) is 2.80. The monoisotopic (exact) mass is 297 g/mol. The minimum Gasteiger partial charge on any atom is -0.492 e. The van der Waals surface area contributed by atoms with Crippen LogP contribution in [0.2, 0.25) is 0 Å². The molecule has 0 saturated carbocycles. The number of rotatable bonds is 4. The number of likely N-dealkylation sites (tertiary alicyclic amines) is 1. The Morgan fingerprint density at radius 1 is 1.41 bits per heavy atom. The molecule has 4 heteroatoms. The topological polar surface area (TPSA) is 29.5 Å². The van der Waals surface area contributed by atoms with E-state index in [1.165, 1.54) is 0 Å². The molecule has 3 nitrogen and oxygen atoms in total. The Morgan fingerprint density at radius 2 is 2.29 bits per heavy atom.